The molecule has 0 bridgehead atoms. The van der Waals surface area contributed by atoms with Crippen molar-refractivity contribution in [3.05, 3.63) is 35.4 Å². The van der Waals surface area contributed by atoms with Crippen molar-refractivity contribution in [2.45, 2.75) is 20.8 Å². The first-order chi connectivity index (χ1) is 6.75. The summed E-state index contributed by atoms with van der Waals surface area (Å²) < 4.78 is 0. The topological polar surface area (TPSA) is 37.4 Å². The molecule has 2 amide bonds. The highest BCUT2D eigenvalue weighted by atomic mass is 16.2. The molecule has 1 aromatic rings. The van der Waals surface area contributed by atoms with Crippen molar-refractivity contribution in [2.75, 3.05) is 6.54 Å². The second-order valence-electron chi connectivity index (χ2n) is 3.31. The molecule has 0 saturated heterocycles. The highest BCUT2D eigenvalue weighted by Gasteiger charge is 2.33. The minimum absolute atomic E-state index is 0. The van der Waals surface area contributed by atoms with E-state index in [0.717, 1.165) is 6.42 Å². The lowest BCUT2D eigenvalue weighted by atomic mass is 10.1. The van der Waals surface area contributed by atoms with Gasteiger partial charge in [0.15, 0.2) is 0 Å². The molecule has 0 aromatic heterocycles. The maximum atomic E-state index is 11.7. The van der Waals surface area contributed by atoms with E-state index in [1.165, 1.54) is 4.90 Å². The molecule has 0 atom stereocenters. The summed E-state index contributed by atoms with van der Waals surface area (Å²) in [6, 6.07) is 6.95. The van der Waals surface area contributed by atoms with E-state index in [9.17, 15) is 9.59 Å². The largest absolute Gasteiger partial charge is 0.274 e. The molecule has 0 saturated carbocycles. The average molecular weight is 205 g/mol. The SMILES string of the molecule is C.CCCN1C(=O)c2ccccc2C1=O. The van der Waals surface area contributed by atoms with Crippen LogP contribution < -0.4 is 0 Å². The third-order valence-corrected chi connectivity index (χ3v) is 2.33. The predicted octanol–water partition coefficient (Wildman–Crippen LogP) is 2.33. The van der Waals surface area contributed by atoms with Crippen LogP contribution in [0.4, 0.5) is 0 Å². The first-order valence-electron chi connectivity index (χ1n) is 4.71. The van der Waals surface area contributed by atoms with Crippen LogP contribution in [0.3, 0.4) is 0 Å². The Morgan fingerprint density at radius 1 is 1.07 bits per heavy atom. The molecule has 0 N–H and O–H groups in total. The number of carbonyl (C=O) groups is 2. The van der Waals surface area contributed by atoms with Crippen molar-refractivity contribution in [2.24, 2.45) is 0 Å². The summed E-state index contributed by atoms with van der Waals surface area (Å²) in [5.41, 5.74) is 1.07. The van der Waals surface area contributed by atoms with Gasteiger partial charge < -0.3 is 0 Å². The molecule has 1 aliphatic rings. The van der Waals surface area contributed by atoms with Crippen LogP contribution in [-0.4, -0.2) is 23.3 Å². The second-order valence-corrected chi connectivity index (χ2v) is 3.31. The summed E-state index contributed by atoms with van der Waals surface area (Å²) >= 11 is 0. The van der Waals surface area contributed by atoms with Crippen molar-refractivity contribution < 1.29 is 9.59 Å². The van der Waals surface area contributed by atoms with E-state index < -0.39 is 0 Å². The van der Waals surface area contributed by atoms with E-state index >= 15 is 0 Å². The number of amides is 2. The summed E-state index contributed by atoms with van der Waals surface area (Å²) in [5, 5.41) is 0. The van der Waals surface area contributed by atoms with E-state index in [-0.39, 0.29) is 19.2 Å². The molecule has 2 rings (SSSR count). The number of carbonyl (C=O) groups excluding carboxylic acids is 2. The molecule has 1 aromatic carbocycles. The van der Waals surface area contributed by atoms with Crippen molar-refractivity contribution in [3.63, 3.8) is 0 Å². The van der Waals surface area contributed by atoms with Crippen molar-refractivity contribution in [1.29, 1.82) is 0 Å². The van der Waals surface area contributed by atoms with Gasteiger partial charge in [-0.3, -0.25) is 14.5 Å². The molecule has 80 valence electrons. The van der Waals surface area contributed by atoms with Gasteiger partial charge in [0, 0.05) is 6.54 Å². The summed E-state index contributed by atoms with van der Waals surface area (Å²) in [4.78, 5) is 24.7. The van der Waals surface area contributed by atoms with Gasteiger partial charge in [0.05, 0.1) is 11.1 Å². The molecule has 0 aliphatic carbocycles. The average Bonchev–Trinajstić information content (AvgIpc) is 2.45. The number of nitrogens with zero attached hydrogens (tertiary/aromatic N) is 1. The molecule has 1 aliphatic heterocycles. The smallest absolute Gasteiger partial charge is 0.261 e. The third kappa shape index (κ3) is 1.65. The summed E-state index contributed by atoms with van der Waals surface area (Å²) in [6.07, 6.45) is 0.797. The van der Waals surface area contributed by atoms with Crippen LogP contribution in [0.15, 0.2) is 24.3 Å². The number of hydrogen-bond donors (Lipinski definition) is 0. The van der Waals surface area contributed by atoms with Gasteiger partial charge in [-0.25, -0.2) is 0 Å². The van der Waals surface area contributed by atoms with Gasteiger partial charge in [0.2, 0.25) is 0 Å². The predicted molar refractivity (Wildman–Crippen MR) is 58.8 cm³/mol. The number of benzene rings is 1. The van der Waals surface area contributed by atoms with Crippen molar-refractivity contribution >= 4 is 11.8 Å². The maximum absolute atomic E-state index is 11.7. The highest BCUT2D eigenvalue weighted by molar-refractivity contribution is 6.21. The fourth-order valence-corrected chi connectivity index (χ4v) is 1.67. The normalized spacial score (nSPS) is 13.8. The third-order valence-electron chi connectivity index (χ3n) is 2.33. The van der Waals surface area contributed by atoms with Crippen molar-refractivity contribution in [3.8, 4) is 0 Å². The van der Waals surface area contributed by atoms with Crippen LogP contribution >= 0.6 is 0 Å². The molecule has 15 heavy (non-hydrogen) atoms. The Balaban J connectivity index is 0.00000112. The van der Waals surface area contributed by atoms with E-state index in [0.29, 0.717) is 17.7 Å². The fraction of sp³-hybridized carbons (Fsp3) is 0.333. The number of imide groups is 1. The molecule has 0 unspecified atom stereocenters. The monoisotopic (exact) mass is 205 g/mol. The van der Waals surface area contributed by atoms with Gasteiger partial charge in [0.1, 0.15) is 0 Å². The Morgan fingerprint density at radius 2 is 1.53 bits per heavy atom. The lowest BCUT2D eigenvalue weighted by Gasteiger charge is -2.11. The molecule has 0 radical (unpaired) electrons. The minimum Gasteiger partial charge on any atom is -0.274 e. The molecule has 3 heteroatoms. The Kier molecular flexibility index (Phi) is 3.24. The first-order valence-corrected chi connectivity index (χ1v) is 4.71. The van der Waals surface area contributed by atoms with Crippen LogP contribution in [0.5, 0.6) is 0 Å². The summed E-state index contributed by atoms with van der Waals surface area (Å²) in [5.74, 6) is -0.320. The zero-order chi connectivity index (χ0) is 10.1. The molecule has 0 spiro atoms. The van der Waals surface area contributed by atoms with Gasteiger partial charge in [-0.1, -0.05) is 26.5 Å². The van der Waals surface area contributed by atoms with E-state index in [1.807, 2.05) is 6.92 Å². The van der Waals surface area contributed by atoms with Gasteiger partial charge in [-0.05, 0) is 18.6 Å². The lowest BCUT2D eigenvalue weighted by molar-refractivity contribution is 0.0654. The minimum atomic E-state index is -0.160. The number of hydrogen-bond acceptors (Lipinski definition) is 2. The number of fused-ring (bicyclic) bond motifs is 1. The Bertz CT molecular complexity index is 363. The van der Waals surface area contributed by atoms with E-state index in [1.54, 1.807) is 24.3 Å². The van der Waals surface area contributed by atoms with Gasteiger partial charge in [-0.2, -0.15) is 0 Å². The van der Waals surface area contributed by atoms with Crippen LogP contribution in [-0.2, 0) is 0 Å². The summed E-state index contributed by atoms with van der Waals surface area (Å²) in [6.45, 7) is 2.45. The molecule has 1 heterocycles. The Morgan fingerprint density at radius 3 is 1.93 bits per heavy atom. The molecule has 3 nitrogen and oxygen atoms in total. The quantitative estimate of drug-likeness (QED) is 0.695. The molecule has 0 fully saturated rings. The van der Waals surface area contributed by atoms with Gasteiger partial charge in [-0.15, -0.1) is 0 Å². The number of rotatable bonds is 2. The molecular formula is C12H15NO2. The first kappa shape index (κ1) is 11.4. The van der Waals surface area contributed by atoms with Gasteiger partial charge in [0.25, 0.3) is 11.8 Å². The summed E-state index contributed by atoms with van der Waals surface area (Å²) in [7, 11) is 0. The lowest BCUT2D eigenvalue weighted by Crippen LogP contribution is -2.30. The highest BCUT2D eigenvalue weighted by Crippen LogP contribution is 2.22. The maximum Gasteiger partial charge on any atom is 0.261 e. The van der Waals surface area contributed by atoms with Crippen LogP contribution in [0, 0.1) is 0 Å². The zero-order valence-electron chi connectivity index (χ0n) is 7.99. The van der Waals surface area contributed by atoms with Gasteiger partial charge >= 0.3 is 0 Å². The van der Waals surface area contributed by atoms with Crippen LogP contribution in [0.2, 0.25) is 0 Å². The Labute approximate surface area is 89.7 Å². The van der Waals surface area contributed by atoms with E-state index in [4.69, 9.17) is 0 Å². The second kappa shape index (κ2) is 4.26. The van der Waals surface area contributed by atoms with E-state index in [2.05, 4.69) is 0 Å². The van der Waals surface area contributed by atoms with Crippen molar-refractivity contribution in [1.82, 2.24) is 4.90 Å². The standard InChI is InChI=1S/C11H11NO2.CH4/c1-2-7-12-10(13)8-5-3-4-6-9(8)11(12)14;/h3-6H,2,7H2,1H3;1H4. The Hall–Kier alpha value is -1.64. The van der Waals surface area contributed by atoms with Crippen LogP contribution in [0.25, 0.3) is 0 Å². The zero-order valence-corrected chi connectivity index (χ0v) is 7.99. The molecular weight excluding hydrogens is 190 g/mol. The fourth-order valence-electron chi connectivity index (χ4n) is 1.67. The van der Waals surface area contributed by atoms with Crippen LogP contribution in [0.1, 0.15) is 41.5 Å².